The van der Waals surface area contributed by atoms with E-state index in [1.165, 1.54) is 0 Å². The second-order valence-electron chi connectivity index (χ2n) is 12.7. The minimum absolute atomic E-state index is 0.0314. The Morgan fingerprint density at radius 1 is 0.788 bits per heavy atom. The average Bonchev–Trinajstić information content (AvgIpc) is 3.13. The lowest BCUT2D eigenvalue weighted by molar-refractivity contribution is -0.142. The normalized spacial score (nSPS) is 14.5. The number of aliphatic hydroxyl groups excluding tert-OH is 1. The van der Waals surface area contributed by atoms with E-state index in [1.54, 1.807) is 50.1 Å². The molecule has 17 heteroatoms. The number of methoxy groups -OCH3 is 1. The van der Waals surface area contributed by atoms with Gasteiger partial charge >= 0.3 is 0 Å². The van der Waals surface area contributed by atoms with E-state index >= 15 is 0 Å². The van der Waals surface area contributed by atoms with Crippen molar-refractivity contribution in [2.45, 2.75) is 51.7 Å². The highest BCUT2D eigenvalue weighted by Crippen LogP contribution is 2.19. The lowest BCUT2D eigenvalue weighted by Crippen LogP contribution is -2.51. The molecular weight excluding hydrogens is 678 g/mol. The molecule has 52 heavy (non-hydrogen) atoms. The number of rotatable bonds is 26. The van der Waals surface area contributed by atoms with Crippen molar-refractivity contribution in [1.82, 2.24) is 31.2 Å². The number of hydrogen-bond acceptors (Lipinski definition) is 12. The van der Waals surface area contributed by atoms with Crippen molar-refractivity contribution in [1.29, 1.82) is 0 Å². The Morgan fingerprint density at radius 3 is 2.13 bits per heavy atom. The molecule has 1 saturated heterocycles. The van der Waals surface area contributed by atoms with Crippen LogP contribution in [-0.2, 0) is 43.0 Å². The Kier molecular flexibility index (Phi) is 22.3. The number of benzene rings is 1. The third kappa shape index (κ3) is 18.7. The van der Waals surface area contributed by atoms with E-state index in [0.717, 1.165) is 25.9 Å². The van der Waals surface area contributed by atoms with Gasteiger partial charge in [-0.2, -0.15) is 0 Å². The molecule has 294 valence electrons. The minimum Gasteiger partial charge on any atom is -0.385 e. The Balaban J connectivity index is 1.55. The molecule has 1 aromatic carbocycles. The summed E-state index contributed by atoms with van der Waals surface area (Å²) >= 11 is 0. The molecule has 2 atom stereocenters. The van der Waals surface area contributed by atoms with Gasteiger partial charge in [0.2, 0.25) is 23.6 Å². The molecule has 17 nitrogen and oxygen atoms in total. The smallest absolute Gasteiger partial charge is 0.256 e. The quantitative estimate of drug-likeness (QED) is 0.0529. The van der Waals surface area contributed by atoms with E-state index in [9.17, 15) is 29.1 Å². The number of unbranched alkanes of at least 4 members (excludes halogenated alkanes) is 1. The largest absolute Gasteiger partial charge is 0.385 e. The predicted octanol–water partition coefficient (Wildman–Crippen LogP) is -0.433. The first kappa shape index (κ1) is 44.5. The first-order chi connectivity index (χ1) is 25.0. The van der Waals surface area contributed by atoms with Crippen molar-refractivity contribution in [3.8, 4) is 0 Å². The van der Waals surface area contributed by atoms with Gasteiger partial charge in [0.1, 0.15) is 6.04 Å². The zero-order chi connectivity index (χ0) is 38.1. The number of ether oxygens (including phenoxy) is 3. The molecule has 1 heterocycles. The molecule has 1 fully saturated rings. The number of nitrogens with one attached hydrogen (secondary N) is 5. The number of nitrogens with zero attached hydrogens (tertiary/aromatic N) is 2. The van der Waals surface area contributed by atoms with Gasteiger partial charge in [0.15, 0.2) is 6.10 Å². The number of hydrogen-bond donors (Lipinski definition) is 6. The molecule has 2 rings (SSSR count). The van der Waals surface area contributed by atoms with Crippen molar-refractivity contribution < 1.29 is 48.1 Å². The second-order valence-corrected chi connectivity index (χ2v) is 12.7. The summed E-state index contributed by atoms with van der Waals surface area (Å²) in [5.74, 6) is -2.07. The number of carbonyl (C=O) groups excluding carboxylic acids is 5. The number of likely N-dealkylation sites (N-methyl/N-ethyl adjacent to an activating group) is 1. The number of piperazine rings is 1. The third-order valence-electron chi connectivity index (χ3n) is 8.06. The lowest BCUT2D eigenvalue weighted by Gasteiger charge is -2.33. The SMILES string of the molecule is COCCCCONCCC(=O)NCCOCCOCCC(=O)N[C@H](C(=O)NCC(=O)Nc1ccc(C(O)C(=O)N2CCN(C)CC2)cc1)C(C)C. The molecule has 1 aromatic rings. The van der Waals surface area contributed by atoms with Crippen molar-refractivity contribution in [2.75, 3.05) is 105 Å². The highest BCUT2D eigenvalue weighted by atomic mass is 16.6. The summed E-state index contributed by atoms with van der Waals surface area (Å²) in [6.45, 7) is 8.85. The van der Waals surface area contributed by atoms with Gasteiger partial charge in [-0.15, -0.1) is 0 Å². The monoisotopic (exact) mass is 737 g/mol. The highest BCUT2D eigenvalue weighted by molar-refractivity contribution is 5.96. The first-order valence-corrected chi connectivity index (χ1v) is 17.9. The van der Waals surface area contributed by atoms with Gasteiger partial charge in [0.05, 0.1) is 39.6 Å². The van der Waals surface area contributed by atoms with Gasteiger partial charge in [0, 0.05) is 71.5 Å². The van der Waals surface area contributed by atoms with Crippen molar-refractivity contribution >= 4 is 35.2 Å². The maximum Gasteiger partial charge on any atom is 0.256 e. The third-order valence-corrected chi connectivity index (χ3v) is 8.06. The first-order valence-electron chi connectivity index (χ1n) is 17.9. The maximum absolute atomic E-state index is 12.8. The van der Waals surface area contributed by atoms with Crippen molar-refractivity contribution in [2.24, 2.45) is 5.92 Å². The number of anilines is 1. The average molecular weight is 738 g/mol. The summed E-state index contributed by atoms with van der Waals surface area (Å²) in [4.78, 5) is 71.3. The van der Waals surface area contributed by atoms with Crippen molar-refractivity contribution in [3.05, 3.63) is 29.8 Å². The van der Waals surface area contributed by atoms with E-state index < -0.39 is 24.0 Å². The predicted molar refractivity (Wildman–Crippen MR) is 193 cm³/mol. The van der Waals surface area contributed by atoms with Gasteiger partial charge in [-0.25, -0.2) is 5.48 Å². The lowest BCUT2D eigenvalue weighted by atomic mass is 10.0. The van der Waals surface area contributed by atoms with Crippen LogP contribution in [0.4, 0.5) is 5.69 Å². The van der Waals surface area contributed by atoms with Crippen LogP contribution >= 0.6 is 0 Å². The van der Waals surface area contributed by atoms with Crippen LogP contribution in [0.5, 0.6) is 0 Å². The minimum atomic E-state index is -1.30. The van der Waals surface area contributed by atoms with E-state index in [-0.39, 0.29) is 62.8 Å². The fraction of sp³-hybridized carbons (Fsp3) is 0.686. The Labute approximate surface area is 306 Å². The Bertz CT molecular complexity index is 1210. The van der Waals surface area contributed by atoms with E-state index in [2.05, 4.69) is 31.6 Å². The number of aliphatic hydroxyl groups is 1. The zero-order valence-electron chi connectivity index (χ0n) is 31.1. The number of hydroxylamine groups is 1. The highest BCUT2D eigenvalue weighted by Gasteiger charge is 2.27. The number of amides is 5. The van der Waals surface area contributed by atoms with E-state index in [4.69, 9.17) is 19.0 Å². The molecule has 0 radical (unpaired) electrons. The van der Waals surface area contributed by atoms with Crippen LogP contribution in [-0.4, -0.2) is 150 Å². The fourth-order valence-corrected chi connectivity index (χ4v) is 4.92. The van der Waals surface area contributed by atoms with Gasteiger partial charge in [-0.3, -0.25) is 24.0 Å². The summed E-state index contributed by atoms with van der Waals surface area (Å²) < 4.78 is 15.9. The summed E-state index contributed by atoms with van der Waals surface area (Å²) in [6.07, 6.45) is 0.808. The molecule has 1 aliphatic rings. The molecule has 1 unspecified atom stereocenters. The van der Waals surface area contributed by atoms with Gasteiger partial charge < -0.3 is 55.2 Å². The second kappa shape index (κ2) is 26.1. The van der Waals surface area contributed by atoms with Crippen LogP contribution in [0.15, 0.2) is 24.3 Å². The van der Waals surface area contributed by atoms with Crippen LogP contribution in [0.3, 0.4) is 0 Å². The summed E-state index contributed by atoms with van der Waals surface area (Å²) in [5, 5.41) is 21.2. The summed E-state index contributed by atoms with van der Waals surface area (Å²) in [5.41, 5.74) is 3.61. The molecule has 0 spiro atoms. The van der Waals surface area contributed by atoms with Crippen LogP contribution in [0.2, 0.25) is 0 Å². The van der Waals surface area contributed by atoms with Crippen molar-refractivity contribution in [3.63, 3.8) is 0 Å². The molecule has 5 amide bonds. The molecule has 0 bridgehead atoms. The van der Waals surface area contributed by atoms with Crippen LogP contribution in [0.25, 0.3) is 0 Å². The summed E-state index contributed by atoms with van der Waals surface area (Å²) in [6, 6.07) is 5.44. The summed E-state index contributed by atoms with van der Waals surface area (Å²) in [7, 11) is 3.64. The van der Waals surface area contributed by atoms with Crippen LogP contribution < -0.4 is 26.7 Å². The zero-order valence-corrected chi connectivity index (χ0v) is 31.1. The number of carbonyl (C=O) groups is 5. The molecule has 0 aromatic heterocycles. The van der Waals surface area contributed by atoms with E-state index in [1.807, 2.05) is 7.05 Å². The van der Waals surface area contributed by atoms with Crippen LogP contribution in [0.1, 0.15) is 51.2 Å². The van der Waals surface area contributed by atoms with Gasteiger partial charge in [-0.05, 0) is 43.5 Å². The maximum atomic E-state index is 12.8. The van der Waals surface area contributed by atoms with Gasteiger partial charge in [-0.1, -0.05) is 26.0 Å². The topological polar surface area (TPSA) is 209 Å². The van der Waals surface area contributed by atoms with Crippen LogP contribution in [0, 0.1) is 5.92 Å². The molecule has 0 aliphatic carbocycles. The molecule has 1 aliphatic heterocycles. The Hall–Kier alpha value is -3.71. The molecular formula is C35H59N7O10. The molecule has 6 N–H and O–H groups in total. The van der Waals surface area contributed by atoms with Gasteiger partial charge in [0.25, 0.3) is 5.91 Å². The standard InChI is InChI=1S/C35H59N7O10/c1-26(2)32(40-30(44)12-21-50-23-24-51-22-14-36-29(43)11-13-38-52-20-6-5-19-49-4)34(47)37-25-31(45)39-28-9-7-27(8-10-28)33(46)35(48)42-17-15-41(3)16-18-42/h7-10,26,32-33,38,46H,5-6,11-25H2,1-4H3,(H,36,43)(H,37,47)(H,39,45)(H,40,44)/t32-,33?/m0/s1. The molecule has 0 saturated carbocycles. The fourth-order valence-electron chi connectivity index (χ4n) is 4.92. The van der Waals surface area contributed by atoms with E-state index in [0.29, 0.717) is 57.3 Å². The Morgan fingerprint density at radius 2 is 1.46 bits per heavy atom.